The van der Waals surface area contributed by atoms with Crippen molar-refractivity contribution in [2.45, 2.75) is 13.3 Å². The van der Waals surface area contributed by atoms with Gasteiger partial charge in [-0.1, -0.05) is 18.2 Å². The third-order valence-corrected chi connectivity index (χ3v) is 2.84. The second-order valence-electron chi connectivity index (χ2n) is 4.10. The van der Waals surface area contributed by atoms with Crippen LogP contribution in [0.5, 0.6) is 0 Å². The molecule has 1 aromatic heterocycles. The lowest BCUT2D eigenvalue weighted by Gasteiger charge is -2.09. The third-order valence-electron chi connectivity index (χ3n) is 2.84. The van der Waals surface area contributed by atoms with E-state index in [4.69, 9.17) is 5.11 Å². The Labute approximate surface area is 99.8 Å². The molecule has 17 heavy (non-hydrogen) atoms. The van der Waals surface area contributed by atoms with Gasteiger partial charge in [0.25, 0.3) is 0 Å². The molecule has 1 aromatic carbocycles. The summed E-state index contributed by atoms with van der Waals surface area (Å²) in [5.41, 5.74) is 2.66. The minimum absolute atomic E-state index is 0.0621. The Balaban J connectivity index is 2.64. The molecule has 0 unspecified atom stereocenters. The first-order valence-corrected chi connectivity index (χ1v) is 5.59. The Morgan fingerprint density at radius 3 is 2.59 bits per heavy atom. The molecule has 0 bridgehead atoms. The SMILES string of the molecule is Cc1cn(C)c(=O)n1-c1ccccc1CCO. The van der Waals surface area contributed by atoms with E-state index in [1.54, 1.807) is 22.4 Å². The second kappa shape index (κ2) is 4.59. The van der Waals surface area contributed by atoms with E-state index in [0.29, 0.717) is 6.42 Å². The van der Waals surface area contributed by atoms with Crippen LogP contribution >= 0.6 is 0 Å². The molecule has 0 atom stereocenters. The van der Waals surface area contributed by atoms with Crippen LogP contribution in [0.3, 0.4) is 0 Å². The van der Waals surface area contributed by atoms with Crippen LogP contribution < -0.4 is 5.69 Å². The smallest absolute Gasteiger partial charge is 0.332 e. The van der Waals surface area contributed by atoms with Gasteiger partial charge in [0.05, 0.1) is 5.69 Å². The van der Waals surface area contributed by atoms with Crippen molar-refractivity contribution in [3.63, 3.8) is 0 Å². The molecule has 90 valence electrons. The number of rotatable bonds is 3. The summed E-state index contributed by atoms with van der Waals surface area (Å²) < 4.78 is 3.23. The molecular weight excluding hydrogens is 216 g/mol. The zero-order valence-electron chi connectivity index (χ0n) is 10.1. The van der Waals surface area contributed by atoms with Crippen molar-refractivity contribution in [3.05, 3.63) is 52.2 Å². The average molecular weight is 232 g/mol. The van der Waals surface area contributed by atoms with Crippen molar-refractivity contribution in [1.82, 2.24) is 9.13 Å². The topological polar surface area (TPSA) is 47.2 Å². The summed E-state index contributed by atoms with van der Waals surface area (Å²) in [6, 6.07) is 7.65. The van der Waals surface area contributed by atoms with Crippen LogP contribution in [0.2, 0.25) is 0 Å². The molecule has 0 saturated carbocycles. The number of aryl methyl sites for hydroxylation is 2. The number of benzene rings is 1. The van der Waals surface area contributed by atoms with Crippen LogP contribution in [0.1, 0.15) is 11.3 Å². The highest BCUT2D eigenvalue weighted by molar-refractivity contribution is 5.42. The van der Waals surface area contributed by atoms with Gasteiger partial charge in [-0.25, -0.2) is 4.79 Å². The van der Waals surface area contributed by atoms with E-state index in [2.05, 4.69) is 0 Å². The van der Waals surface area contributed by atoms with E-state index in [0.717, 1.165) is 16.9 Å². The largest absolute Gasteiger partial charge is 0.396 e. The molecule has 4 nitrogen and oxygen atoms in total. The molecule has 4 heteroatoms. The second-order valence-corrected chi connectivity index (χ2v) is 4.10. The molecule has 0 aliphatic rings. The summed E-state index contributed by atoms with van der Waals surface area (Å²) in [4.78, 5) is 12.0. The molecule has 1 N–H and O–H groups in total. The zero-order valence-corrected chi connectivity index (χ0v) is 10.1. The van der Waals surface area contributed by atoms with Crippen molar-refractivity contribution >= 4 is 0 Å². The van der Waals surface area contributed by atoms with E-state index >= 15 is 0 Å². The molecule has 2 aromatic rings. The van der Waals surface area contributed by atoms with Gasteiger partial charge in [0.1, 0.15) is 0 Å². The van der Waals surface area contributed by atoms with Crippen molar-refractivity contribution in [2.24, 2.45) is 7.05 Å². The molecule has 0 spiro atoms. The lowest BCUT2D eigenvalue weighted by molar-refractivity contribution is 0.299. The van der Waals surface area contributed by atoms with Gasteiger partial charge in [-0.3, -0.25) is 4.57 Å². The fourth-order valence-electron chi connectivity index (χ4n) is 2.06. The van der Waals surface area contributed by atoms with Crippen molar-refractivity contribution < 1.29 is 5.11 Å². The van der Waals surface area contributed by atoms with Crippen molar-refractivity contribution in [1.29, 1.82) is 0 Å². The van der Waals surface area contributed by atoms with Gasteiger partial charge in [-0.2, -0.15) is 0 Å². The minimum atomic E-state index is -0.0621. The molecule has 0 amide bonds. The highest BCUT2D eigenvalue weighted by Gasteiger charge is 2.10. The van der Waals surface area contributed by atoms with E-state index in [9.17, 15) is 4.79 Å². The van der Waals surface area contributed by atoms with Crippen molar-refractivity contribution in [3.8, 4) is 5.69 Å². The molecule has 2 rings (SSSR count). The van der Waals surface area contributed by atoms with Gasteiger partial charge in [0.2, 0.25) is 0 Å². The maximum Gasteiger partial charge on any atom is 0.332 e. The summed E-state index contributed by atoms with van der Waals surface area (Å²) in [6.45, 7) is 1.98. The standard InChI is InChI=1S/C13H16N2O2/c1-10-9-14(2)13(17)15(10)12-6-4-3-5-11(12)7-8-16/h3-6,9,16H,7-8H2,1-2H3. The molecule has 1 heterocycles. The first kappa shape index (κ1) is 11.7. The minimum Gasteiger partial charge on any atom is -0.396 e. The predicted molar refractivity (Wildman–Crippen MR) is 66.5 cm³/mol. The summed E-state index contributed by atoms with van der Waals surface area (Å²) in [5, 5.41) is 9.04. The summed E-state index contributed by atoms with van der Waals surface area (Å²) >= 11 is 0. The molecule has 0 fully saturated rings. The van der Waals surface area contributed by atoms with Crippen LogP contribution in [0, 0.1) is 6.92 Å². The van der Waals surface area contributed by atoms with Gasteiger partial charge in [0, 0.05) is 25.5 Å². The quantitative estimate of drug-likeness (QED) is 0.858. The normalized spacial score (nSPS) is 10.8. The number of imidazole rings is 1. The molecule has 0 aliphatic heterocycles. The maximum atomic E-state index is 12.0. The fraction of sp³-hybridized carbons (Fsp3) is 0.308. The summed E-state index contributed by atoms with van der Waals surface area (Å²) in [5.74, 6) is 0. The van der Waals surface area contributed by atoms with Crippen LogP contribution in [-0.4, -0.2) is 20.8 Å². The van der Waals surface area contributed by atoms with Crippen LogP contribution in [0.15, 0.2) is 35.3 Å². The van der Waals surface area contributed by atoms with E-state index in [-0.39, 0.29) is 12.3 Å². The number of aliphatic hydroxyl groups excluding tert-OH is 1. The lowest BCUT2D eigenvalue weighted by Crippen LogP contribution is -2.22. The Bertz CT molecular complexity index is 581. The van der Waals surface area contributed by atoms with E-state index in [1.165, 1.54) is 0 Å². The Hall–Kier alpha value is -1.81. The molecular formula is C13H16N2O2. The Morgan fingerprint density at radius 1 is 1.29 bits per heavy atom. The van der Waals surface area contributed by atoms with E-state index < -0.39 is 0 Å². The van der Waals surface area contributed by atoms with E-state index in [1.807, 2.05) is 31.2 Å². The number of aliphatic hydroxyl groups is 1. The summed E-state index contributed by atoms with van der Waals surface area (Å²) in [6.07, 6.45) is 2.36. The monoisotopic (exact) mass is 232 g/mol. The summed E-state index contributed by atoms with van der Waals surface area (Å²) in [7, 11) is 1.74. The molecule has 0 aliphatic carbocycles. The average Bonchev–Trinajstić information content (AvgIpc) is 2.55. The van der Waals surface area contributed by atoms with Gasteiger partial charge in [-0.05, 0) is 25.0 Å². The van der Waals surface area contributed by atoms with Gasteiger partial charge in [0.15, 0.2) is 0 Å². The maximum absolute atomic E-state index is 12.0. The number of hydrogen-bond donors (Lipinski definition) is 1. The highest BCUT2D eigenvalue weighted by Crippen LogP contribution is 2.15. The van der Waals surface area contributed by atoms with Gasteiger partial charge < -0.3 is 9.67 Å². The fourth-order valence-corrected chi connectivity index (χ4v) is 2.06. The van der Waals surface area contributed by atoms with Gasteiger partial charge in [-0.15, -0.1) is 0 Å². The third kappa shape index (κ3) is 2.03. The first-order chi connectivity index (χ1) is 8.15. The van der Waals surface area contributed by atoms with Crippen LogP contribution in [0.4, 0.5) is 0 Å². The molecule has 0 saturated heterocycles. The van der Waals surface area contributed by atoms with Crippen molar-refractivity contribution in [2.75, 3.05) is 6.61 Å². The number of hydrogen-bond acceptors (Lipinski definition) is 2. The zero-order chi connectivity index (χ0) is 12.4. The van der Waals surface area contributed by atoms with Crippen LogP contribution in [-0.2, 0) is 13.5 Å². The Morgan fingerprint density at radius 2 is 2.00 bits per heavy atom. The lowest BCUT2D eigenvalue weighted by atomic mass is 10.1. The number of aromatic nitrogens is 2. The van der Waals surface area contributed by atoms with Crippen LogP contribution in [0.25, 0.3) is 5.69 Å². The number of nitrogens with zero attached hydrogens (tertiary/aromatic N) is 2. The predicted octanol–water partition coefficient (Wildman–Crippen LogP) is 1.02. The molecule has 0 radical (unpaired) electrons. The van der Waals surface area contributed by atoms with Gasteiger partial charge >= 0.3 is 5.69 Å². The first-order valence-electron chi connectivity index (χ1n) is 5.59. The number of para-hydroxylation sites is 1. The highest BCUT2D eigenvalue weighted by atomic mass is 16.3. The Kier molecular flexibility index (Phi) is 3.15.